The lowest BCUT2D eigenvalue weighted by molar-refractivity contribution is -0.384. The number of nitrogens with two attached hydrogens (primary N) is 1. The van der Waals surface area contributed by atoms with Gasteiger partial charge in [-0.15, -0.1) is 0 Å². The molecule has 0 aliphatic rings. The van der Waals surface area contributed by atoms with Crippen LogP contribution < -0.4 is 35.6 Å². The Kier molecular flexibility index (Phi) is 28.0. The number of nitro benzene ring substituents is 1. The van der Waals surface area contributed by atoms with E-state index in [-0.39, 0.29) is 11.4 Å². The number of ether oxygens (including phenoxy) is 4. The molecule has 5 atom stereocenters. The van der Waals surface area contributed by atoms with Crippen LogP contribution in [0.2, 0.25) is 0 Å². The number of carbonyl (C=O) groups is 2. The van der Waals surface area contributed by atoms with Crippen molar-refractivity contribution in [1.29, 1.82) is 0 Å². The van der Waals surface area contributed by atoms with E-state index in [4.69, 9.17) is 24.7 Å². The van der Waals surface area contributed by atoms with Crippen LogP contribution in [0.25, 0.3) is 0 Å². The molecule has 0 fully saturated rings. The van der Waals surface area contributed by atoms with E-state index in [1.807, 2.05) is 52.9 Å². The molecule has 2 rings (SSSR count). The quantitative estimate of drug-likeness (QED) is 0.0659. The molecule has 57 heavy (non-hydrogen) atoms. The predicted molar refractivity (Wildman–Crippen MR) is 260 cm³/mol. The Morgan fingerprint density at radius 1 is 0.737 bits per heavy atom. The van der Waals surface area contributed by atoms with E-state index in [0.717, 1.165) is 25.3 Å². The van der Waals surface area contributed by atoms with Crippen molar-refractivity contribution in [3.63, 3.8) is 0 Å². The second-order valence-corrected chi connectivity index (χ2v) is 21.0. The third kappa shape index (κ3) is 26.3. The standard InChI is InChI=1S/C17H28N4O5.C17H30N4O3.BH6P3.BH4P2/c1-17(2,3)26-16(22)18-12-10-14(21(23)24)13(11-15(12)25-7)20(6)9-8-19(4)5;1-17(2,3)24-16(22)19-13-10-12(18)14(11-15(13)23-7)21(6)9-8-20(4)5;2-1(3)4;2-1-3/h10-11H,8-9H2,1-7H3,(H,18,22);10-11H,8-9,18H2,1-7H3,(H,19,22);2-4H2;2-3H2. The monoisotopic (exact) mass is 893 g/mol. The Hall–Kier alpha value is -2.42. The van der Waals surface area contributed by atoms with Gasteiger partial charge in [0, 0.05) is 58.5 Å². The van der Waals surface area contributed by atoms with Crippen LogP contribution in [0.3, 0.4) is 0 Å². The Morgan fingerprint density at radius 3 is 1.39 bits per heavy atom. The summed E-state index contributed by atoms with van der Waals surface area (Å²) in [5.74, 6) is 1.43. The summed E-state index contributed by atoms with van der Waals surface area (Å²) in [6.45, 7) is 15.5. The molecule has 0 aliphatic carbocycles. The summed E-state index contributed by atoms with van der Waals surface area (Å²) < 4.78 is 21.1. The minimum atomic E-state index is -0.709. The molecular weight excluding hydrogens is 825 g/mol. The van der Waals surface area contributed by atoms with Crippen molar-refractivity contribution >= 4 is 104 Å². The summed E-state index contributed by atoms with van der Waals surface area (Å²) in [4.78, 5) is 42.9. The zero-order chi connectivity index (χ0) is 44.8. The smallest absolute Gasteiger partial charge is 0.412 e. The molecular formula is C34H68B2N8O8P5. The number of methoxy groups -OCH3 is 2. The van der Waals surface area contributed by atoms with Crippen molar-refractivity contribution in [1.82, 2.24) is 9.80 Å². The van der Waals surface area contributed by atoms with E-state index in [1.54, 1.807) is 72.7 Å². The van der Waals surface area contributed by atoms with Crippen LogP contribution >= 0.6 is 45.6 Å². The summed E-state index contributed by atoms with van der Waals surface area (Å²) in [6, 6.07) is 6.33. The van der Waals surface area contributed by atoms with Crippen molar-refractivity contribution in [3.05, 3.63) is 34.4 Å². The Bertz CT molecular complexity index is 1540. The maximum absolute atomic E-state index is 12.0. The molecule has 0 saturated carbocycles. The molecule has 4 N–H and O–H groups in total. The van der Waals surface area contributed by atoms with Crippen LogP contribution in [0, 0.1) is 10.1 Å². The largest absolute Gasteiger partial charge is 0.494 e. The van der Waals surface area contributed by atoms with Gasteiger partial charge in [0.2, 0.25) is 5.87 Å². The Balaban J connectivity index is 0. The van der Waals surface area contributed by atoms with Crippen LogP contribution in [0.15, 0.2) is 24.3 Å². The molecule has 0 heterocycles. The molecule has 2 amide bonds. The molecule has 323 valence electrons. The van der Waals surface area contributed by atoms with Crippen molar-refractivity contribution in [2.45, 2.75) is 52.7 Å². The minimum absolute atomic E-state index is 0.127. The number of benzene rings is 2. The van der Waals surface area contributed by atoms with Gasteiger partial charge in [-0.1, -0.05) is 0 Å². The molecule has 5 unspecified atom stereocenters. The van der Waals surface area contributed by atoms with Crippen LogP contribution in [-0.2, 0) is 9.47 Å². The number of carbonyl (C=O) groups excluding carboxylic acids is 2. The normalized spacial score (nSPS) is 10.6. The van der Waals surface area contributed by atoms with Gasteiger partial charge in [0.1, 0.15) is 28.4 Å². The predicted octanol–water partition coefficient (Wildman–Crippen LogP) is 6.44. The molecule has 23 heteroatoms. The zero-order valence-corrected chi connectivity index (χ0v) is 42.0. The van der Waals surface area contributed by atoms with E-state index in [0.29, 0.717) is 41.0 Å². The average Bonchev–Trinajstić information content (AvgIpc) is 3.04. The fraction of sp³-hybridized carbons (Fsp3) is 0.588. The number of hydrogen-bond acceptors (Lipinski definition) is 13. The van der Waals surface area contributed by atoms with Gasteiger partial charge in [-0.25, -0.2) is 9.59 Å². The molecule has 0 bridgehead atoms. The summed E-state index contributed by atoms with van der Waals surface area (Å²) in [7, 11) is 27.2. The third-order valence-corrected chi connectivity index (χ3v) is 6.70. The number of rotatable bonds is 13. The van der Waals surface area contributed by atoms with Gasteiger partial charge < -0.3 is 44.3 Å². The highest BCUT2D eigenvalue weighted by Crippen LogP contribution is 2.38. The van der Waals surface area contributed by atoms with Crippen molar-refractivity contribution in [3.8, 4) is 11.5 Å². The Labute approximate surface area is 354 Å². The molecule has 0 aliphatic heterocycles. The van der Waals surface area contributed by atoms with Crippen molar-refractivity contribution in [2.24, 2.45) is 0 Å². The third-order valence-electron chi connectivity index (χ3n) is 6.70. The number of nitrogens with one attached hydrogen (secondary N) is 2. The lowest BCUT2D eigenvalue weighted by Crippen LogP contribution is -2.29. The van der Waals surface area contributed by atoms with Gasteiger partial charge in [-0.3, -0.25) is 20.7 Å². The van der Waals surface area contributed by atoms with Gasteiger partial charge in [0.05, 0.1) is 41.9 Å². The SMILES string of the molecule is COc1cc(N(C)CCN(C)C)c(N)cc1NC(=O)OC(C)(C)C.COc1cc(N(C)CCN(C)C)c([N+](=O)[O-])cc1NC(=O)OC(C)(C)C.PB(P)P.P[B]P. The van der Waals surface area contributed by atoms with Crippen LogP contribution in [0.1, 0.15) is 41.5 Å². The first-order valence-electron chi connectivity index (χ1n) is 17.7. The molecule has 16 nitrogen and oxygen atoms in total. The van der Waals surface area contributed by atoms with E-state index in [9.17, 15) is 19.7 Å². The molecule has 0 aromatic heterocycles. The Morgan fingerprint density at radius 2 is 1.07 bits per heavy atom. The zero-order valence-electron chi connectivity index (χ0n) is 36.3. The molecule has 2 aromatic rings. The molecule has 0 spiro atoms. The molecule has 0 saturated heterocycles. The van der Waals surface area contributed by atoms with Crippen LogP contribution in [0.5, 0.6) is 11.5 Å². The van der Waals surface area contributed by atoms with Crippen LogP contribution in [0.4, 0.5) is 43.7 Å². The van der Waals surface area contributed by atoms with Gasteiger partial charge in [-0.2, -0.15) is 45.6 Å². The number of likely N-dealkylation sites (N-methyl/N-ethyl adjacent to an activating group) is 4. The number of nitro groups is 1. The average molecular weight is 893 g/mol. The fourth-order valence-corrected chi connectivity index (χ4v) is 4.23. The van der Waals surface area contributed by atoms with Gasteiger partial charge in [0.25, 0.3) is 5.69 Å². The number of nitrogens with zero attached hydrogens (tertiary/aromatic N) is 5. The van der Waals surface area contributed by atoms with Gasteiger partial charge in [0.15, 0.2) is 6.72 Å². The van der Waals surface area contributed by atoms with E-state index >= 15 is 0 Å². The lowest BCUT2D eigenvalue weighted by atomic mass is 10.2. The van der Waals surface area contributed by atoms with Crippen molar-refractivity contribution < 1.29 is 33.5 Å². The summed E-state index contributed by atoms with van der Waals surface area (Å²) >= 11 is 0. The maximum Gasteiger partial charge on any atom is 0.412 e. The molecule has 1 radical (unpaired) electrons. The number of amides is 2. The second kappa shape index (κ2) is 28.1. The first kappa shape index (κ1) is 56.7. The second-order valence-electron chi connectivity index (χ2n) is 14.9. The number of nitrogen functional groups attached to an aromatic ring is 1. The van der Waals surface area contributed by atoms with Crippen LogP contribution in [-0.4, -0.2) is 133 Å². The lowest BCUT2D eigenvalue weighted by Gasteiger charge is -2.25. The maximum atomic E-state index is 12.0. The highest BCUT2D eigenvalue weighted by atomic mass is 31.1. The van der Waals surface area contributed by atoms with Gasteiger partial charge in [-0.05, 0) is 75.8 Å². The molecule has 2 aromatic carbocycles. The summed E-state index contributed by atoms with van der Waals surface area (Å²) in [5.41, 5.74) is 7.24. The number of hydrogen-bond donors (Lipinski definition) is 3. The van der Waals surface area contributed by atoms with Gasteiger partial charge >= 0.3 is 12.2 Å². The van der Waals surface area contributed by atoms with E-state index < -0.39 is 28.3 Å². The van der Waals surface area contributed by atoms with Crippen molar-refractivity contribution in [2.75, 3.05) is 109 Å². The highest BCUT2D eigenvalue weighted by Gasteiger charge is 2.25. The first-order chi connectivity index (χ1) is 26.1. The minimum Gasteiger partial charge on any atom is -0.494 e. The fourth-order valence-electron chi connectivity index (χ4n) is 4.23. The number of anilines is 5. The van der Waals surface area contributed by atoms with E-state index in [1.165, 1.54) is 13.2 Å². The summed E-state index contributed by atoms with van der Waals surface area (Å²) in [6.07, 6.45) is -1.26. The topological polar surface area (TPSA) is 177 Å². The highest BCUT2D eigenvalue weighted by molar-refractivity contribution is 8.17. The van der Waals surface area contributed by atoms with E-state index in [2.05, 4.69) is 66.0 Å². The first-order valence-corrected chi connectivity index (χ1v) is 21.0. The summed E-state index contributed by atoms with van der Waals surface area (Å²) in [5, 5.41) is 16.7.